The summed E-state index contributed by atoms with van der Waals surface area (Å²) in [7, 11) is 1.79. The van der Waals surface area contributed by atoms with Crippen LogP contribution in [-0.2, 0) is 6.54 Å². The van der Waals surface area contributed by atoms with Gasteiger partial charge in [0.2, 0.25) is 0 Å². The van der Waals surface area contributed by atoms with Crippen molar-refractivity contribution in [2.45, 2.75) is 6.54 Å². The molecule has 0 atom stereocenters. The Morgan fingerprint density at radius 3 is 2.88 bits per heavy atom. The zero-order chi connectivity index (χ0) is 12.0. The predicted molar refractivity (Wildman–Crippen MR) is 58.4 cm³/mol. The molecule has 0 aromatic heterocycles. The highest BCUT2D eigenvalue weighted by Crippen LogP contribution is 2.27. The topological polar surface area (TPSA) is 84.6 Å². The van der Waals surface area contributed by atoms with E-state index in [1.165, 1.54) is 6.07 Å². The number of benzene rings is 1. The van der Waals surface area contributed by atoms with Gasteiger partial charge < -0.3 is 15.2 Å². The van der Waals surface area contributed by atoms with Crippen LogP contribution in [0.1, 0.15) is 5.56 Å². The molecule has 0 bridgehead atoms. The Morgan fingerprint density at radius 1 is 1.56 bits per heavy atom. The number of nitro benzene ring substituents is 1. The number of nitrogens with zero attached hydrogens (tertiary/aromatic N) is 1. The maximum Gasteiger partial charge on any atom is 0.310 e. The molecule has 1 rings (SSSR count). The van der Waals surface area contributed by atoms with Crippen LogP contribution < -0.4 is 10.1 Å². The van der Waals surface area contributed by atoms with E-state index >= 15 is 0 Å². The molecule has 0 unspecified atom stereocenters. The van der Waals surface area contributed by atoms with Crippen LogP contribution >= 0.6 is 0 Å². The highest BCUT2D eigenvalue weighted by atomic mass is 16.6. The summed E-state index contributed by atoms with van der Waals surface area (Å²) in [4.78, 5) is 10.2. The normalized spacial score (nSPS) is 10.1. The number of hydrogen-bond donors (Lipinski definition) is 2. The van der Waals surface area contributed by atoms with Gasteiger partial charge in [0.1, 0.15) is 6.61 Å². The average molecular weight is 226 g/mol. The van der Waals surface area contributed by atoms with Gasteiger partial charge in [-0.2, -0.15) is 0 Å². The molecule has 0 spiro atoms. The standard InChI is InChI=1S/C10H14N2O4/c1-11-7-8-2-3-9(12(14)15)10(6-8)16-5-4-13/h2-3,6,11,13H,4-5,7H2,1H3. The molecular formula is C10H14N2O4. The number of aliphatic hydroxyl groups excluding tert-OH is 1. The molecule has 0 saturated carbocycles. The van der Waals surface area contributed by atoms with Crippen molar-refractivity contribution >= 4 is 5.69 Å². The first-order valence-electron chi connectivity index (χ1n) is 4.84. The zero-order valence-electron chi connectivity index (χ0n) is 8.97. The molecule has 0 heterocycles. The van der Waals surface area contributed by atoms with E-state index in [1.807, 2.05) is 0 Å². The Balaban J connectivity index is 2.95. The van der Waals surface area contributed by atoms with Gasteiger partial charge in [0, 0.05) is 12.6 Å². The van der Waals surface area contributed by atoms with Crippen LogP contribution in [0.5, 0.6) is 5.75 Å². The Labute approximate surface area is 93.0 Å². The number of ether oxygens (including phenoxy) is 1. The first kappa shape index (κ1) is 12.4. The summed E-state index contributed by atoms with van der Waals surface area (Å²) >= 11 is 0. The molecule has 1 aromatic rings. The largest absolute Gasteiger partial charge is 0.484 e. The second-order valence-corrected chi connectivity index (χ2v) is 3.16. The zero-order valence-corrected chi connectivity index (χ0v) is 8.97. The number of nitro groups is 1. The molecule has 6 heteroatoms. The van der Waals surface area contributed by atoms with Crippen LogP contribution in [0, 0.1) is 10.1 Å². The monoisotopic (exact) mass is 226 g/mol. The van der Waals surface area contributed by atoms with Gasteiger partial charge in [0.25, 0.3) is 0 Å². The smallest absolute Gasteiger partial charge is 0.310 e. The molecule has 0 saturated heterocycles. The van der Waals surface area contributed by atoms with Crippen molar-refractivity contribution in [2.75, 3.05) is 20.3 Å². The van der Waals surface area contributed by atoms with Gasteiger partial charge in [-0.25, -0.2) is 0 Å². The summed E-state index contributed by atoms with van der Waals surface area (Å²) in [5, 5.41) is 22.3. The third-order valence-corrected chi connectivity index (χ3v) is 1.95. The fraction of sp³-hybridized carbons (Fsp3) is 0.400. The maximum absolute atomic E-state index is 10.7. The SMILES string of the molecule is CNCc1ccc([N+](=O)[O-])c(OCCO)c1. The van der Waals surface area contributed by atoms with Crippen molar-refractivity contribution in [3.63, 3.8) is 0 Å². The van der Waals surface area contributed by atoms with Gasteiger partial charge in [-0.1, -0.05) is 6.07 Å². The van der Waals surface area contributed by atoms with E-state index in [1.54, 1.807) is 19.2 Å². The van der Waals surface area contributed by atoms with Crippen molar-refractivity contribution in [2.24, 2.45) is 0 Å². The number of aliphatic hydroxyl groups is 1. The molecule has 0 aliphatic rings. The van der Waals surface area contributed by atoms with Crippen LogP contribution in [0.3, 0.4) is 0 Å². The van der Waals surface area contributed by atoms with Crippen molar-refractivity contribution in [1.29, 1.82) is 0 Å². The lowest BCUT2D eigenvalue weighted by Crippen LogP contribution is -2.07. The van der Waals surface area contributed by atoms with Crippen molar-refractivity contribution in [1.82, 2.24) is 5.32 Å². The van der Waals surface area contributed by atoms with E-state index in [0.29, 0.717) is 6.54 Å². The molecule has 6 nitrogen and oxygen atoms in total. The fourth-order valence-electron chi connectivity index (χ4n) is 1.29. The van der Waals surface area contributed by atoms with Gasteiger partial charge in [-0.15, -0.1) is 0 Å². The van der Waals surface area contributed by atoms with Crippen LogP contribution in [0.15, 0.2) is 18.2 Å². The minimum atomic E-state index is -0.504. The minimum Gasteiger partial charge on any atom is -0.484 e. The van der Waals surface area contributed by atoms with E-state index in [9.17, 15) is 10.1 Å². The van der Waals surface area contributed by atoms with E-state index < -0.39 is 4.92 Å². The predicted octanol–water partition coefficient (Wildman–Crippen LogP) is 0.685. The summed E-state index contributed by atoms with van der Waals surface area (Å²) in [6.07, 6.45) is 0. The highest BCUT2D eigenvalue weighted by molar-refractivity contribution is 5.48. The van der Waals surface area contributed by atoms with Gasteiger partial charge >= 0.3 is 5.69 Å². The quantitative estimate of drug-likeness (QED) is 0.550. The lowest BCUT2D eigenvalue weighted by molar-refractivity contribution is -0.385. The maximum atomic E-state index is 10.7. The third-order valence-electron chi connectivity index (χ3n) is 1.95. The Bertz CT molecular complexity index is 368. The third kappa shape index (κ3) is 3.18. The Morgan fingerprint density at radius 2 is 2.31 bits per heavy atom. The minimum absolute atomic E-state index is 0.0455. The average Bonchev–Trinajstić information content (AvgIpc) is 2.26. The lowest BCUT2D eigenvalue weighted by Gasteiger charge is -2.07. The summed E-state index contributed by atoms with van der Waals surface area (Å²) in [5.74, 6) is 0.187. The molecule has 0 fully saturated rings. The molecule has 2 N–H and O–H groups in total. The number of nitrogens with one attached hydrogen (secondary N) is 1. The molecule has 0 radical (unpaired) electrons. The van der Waals surface area contributed by atoms with E-state index in [2.05, 4.69) is 5.32 Å². The van der Waals surface area contributed by atoms with Gasteiger partial charge in [0.15, 0.2) is 5.75 Å². The molecule has 88 valence electrons. The van der Waals surface area contributed by atoms with Crippen molar-refractivity contribution < 1.29 is 14.8 Å². The summed E-state index contributed by atoms with van der Waals surface area (Å²) in [5.41, 5.74) is 0.800. The van der Waals surface area contributed by atoms with Gasteiger partial charge in [0.05, 0.1) is 11.5 Å². The molecular weight excluding hydrogens is 212 g/mol. The molecule has 0 aliphatic heterocycles. The van der Waals surface area contributed by atoms with E-state index in [0.717, 1.165) is 5.56 Å². The molecule has 1 aromatic carbocycles. The van der Waals surface area contributed by atoms with Gasteiger partial charge in [-0.05, 0) is 18.7 Å². The highest BCUT2D eigenvalue weighted by Gasteiger charge is 2.15. The summed E-state index contributed by atoms with van der Waals surface area (Å²) in [6.45, 7) is 0.477. The second-order valence-electron chi connectivity index (χ2n) is 3.16. The summed E-state index contributed by atoms with van der Waals surface area (Å²) < 4.78 is 5.12. The Kier molecular flexibility index (Phi) is 4.68. The molecule has 0 aliphatic carbocycles. The van der Waals surface area contributed by atoms with E-state index in [4.69, 9.17) is 9.84 Å². The van der Waals surface area contributed by atoms with Gasteiger partial charge in [-0.3, -0.25) is 10.1 Å². The first-order chi connectivity index (χ1) is 7.69. The molecule has 16 heavy (non-hydrogen) atoms. The molecule has 0 amide bonds. The van der Waals surface area contributed by atoms with Crippen LogP contribution in [0.4, 0.5) is 5.69 Å². The van der Waals surface area contributed by atoms with Crippen LogP contribution in [0.2, 0.25) is 0 Å². The number of hydrogen-bond acceptors (Lipinski definition) is 5. The summed E-state index contributed by atoms with van der Waals surface area (Å²) in [6, 6.07) is 4.67. The number of rotatable bonds is 6. The van der Waals surface area contributed by atoms with Crippen molar-refractivity contribution in [3.05, 3.63) is 33.9 Å². The first-order valence-corrected chi connectivity index (χ1v) is 4.84. The fourth-order valence-corrected chi connectivity index (χ4v) is 1.29. The lowest BCUT2D eigenvalue weighted by atomic mass is 10.2. The van der Waals surface area contributed by atoms with Crippen LogP contribution in [0.25, 0.3) is 0 Å². The van der Waals surface area contributed by atoms with Crippen LogP contribution in [-0.4, -0.2) is 30.3 Å². The van der Waals surface area contributed by atoms with E-state index in [-0.39, 0.29) is 24.7 Å². The second kappa shape index (κ2) is 6.04. The van der Waals surface area contributed by atoms with Crippen molar-refractivity contribution in [3.8, 4) is 5.75 Å². The Hall–Kier alpha value is -1.66.